The van der Waals surface area contributed by atoms with Gasteiger partial charge in [0.2, 0.25) is 0 Å². The minimum Gasteiger partial charge on any atom is -1.00 e. The summed E-state index contributed by atoms with van der Waals surface area (Å²) in [6, 6.07) is 15.5. The van der Waals surface area contributed by atoms with Crippen molar-refractivity contribution in [3.05, 3.63) is 81.8 Å². The number of methoxy groups -OCH3 is 1. The van der Waals surface area contributed by atoms with Gasteiger partial charge in [0, 0.05) is 17.8 Å². The van der Waals surface area contributed by atoms with Crippen LogP contribution in [0.3, 0.4) is 0 Å². The number of benzene rings is 3. The lowest BCUT2D eigenvalue weighted by molar-refractivity contribution is -0.465. The second kappa shape index (κ2) is 12.9. The number of halogens is 3. The third-order valence-electron chi connectivity index (χ3n) is 5.42. The van der Waals surface area contributed by atoms with Crippen LogP contribution in [-0.4, -0.2) is 27.1 Å². The molecule has 3 rings (SSSR count). The fourth-order valence-electron chi connectivity index (χ4n) is 3.66. The maximum Gasteiger partial charge on any atom is 0.319 e. The lowest BCUT2D eigenvalue weighted by atomic mass is 9.96. The van der Waals surface area contributed by atoms with E-state index < -0.39 is 22.1 Å². The standard InChI is InChI=1S/C26H30Cl2N4O4S.ClH/c1-16(21-13-14-22(36-4)24(28)23(21)27)30-25(33)31-18-9-11-20(12-10-18)37(34,35)32-19-7-5-17(6-8-19)15-26(2,3)29;/h5-14,16,32H,15,29H2,1-4H3,(H2,30,31,33);1H/t16-;/m0./s1. The second-order valence-electron chi connectivity index (χ2n) is 9.47. The number of quaternary nitrogens is 1. The smallest absolute Gasteiger partial charge is 0.319 e. The fourth-order valence-corrected chi connectivity index (χ4v) is 5.28. The summed E-state index contributed by atoms with van der Waals surface area (Å²) in [6.07, 6.45) is 0.779. The highest BCUT2D eigenvalue weighted by Crippen LogP contribution is 2.37. The van der Waals surface area contributed by atoms with Crippen molar-refractivity contribution in [3.8, 4) is 5.75 Å². The molecule has 0 aromatic heterocycles. The van der Waals surface area contributed by atoms with Gasteiger partial charge in [0.05, 0.1) is 28.6 Å². The van der Waals surface area contributed by atoms with Crippen LogP contribution in [0.4, 0.5) is 16.2 Å². The fraction of sp³-hybridized carbons (Fsp3) is 0.269. The minimum absolute atomic E-state index is 0. The maximum atomic E-state index is 12.8. The normalized spacial score (nSPS) is 12.2. The summed E-state index contributed by atoms with van der Waals surface area (Å²) in [5.74, 6) is 0.437. The number of sulfonamides is 1. The number of rotatable bonds is 9. The van der Waals surface area contributed by atoms with Crippen molar-refractivity contribution in [1.29, 1.82) is 0 Å². The highest BCUT2D eigenvalue weighted by Gasteiger charge is 2.19. The van der Waals surface area contributed by atoms with Gasteiger partial charge in [0.25, 0.3) is 10.0 Å². The Morgan fingerprint density at radius 3 is 2.11 bits per heavy atom. The first-order chi connectivity index (χ1) is 17.3. The summed E-state index contributed by atoms with van der Waals surface area (Å²) >= 11 is 12.5. The Bertz CT molecular complexity index is 1360. The Morgan fingerprint density at radius 1 is 0.974 bits per heavy atom. The van der Waals surface area contributed by atoms with Gasteiger partial charge in [-0.2, -0.15) is 0 Å². The van der Waals surface area contributed by atoms with E-state index in [1.165, 1.54) is 31.4 Å². The molecule has 0 heterocycles. The average Bonchev–Trinajstić information content (AvgIpc) is 2.81. The van der Waals surface area contributed by atoms with E-state index in [4.69, 9.17) is 27.9 Å². The molecule has 0 unspecified atom stereocenters. The van der Waals surface area contributed by atoms with E-state index in [1.807, 2.05) is 26.0 Å². The number of carbonyl (C=O) groups excluding carboxylic acids is 1. The predicted octanol–water partition coefficient (Wildman–Crippen LogP) is 2.25. The summed E-state index contributed by atoms with van der Waals surface area (Å²) in [6.45, 7) is 5.84. The van der Waals surface area contributed by atoms with Crippen molar-refractivity contribution >= 4 is 50.6 Å². The van der Waals surface area contributed by atoms with Crippen LogP contribution in [0.25, 0.3) is 0 Å². The molecule has 0 aliphatic heterocycles. The number of carbonyl (C=O) groups is 1. The predicted molar refractivity (Wildman–Crippen MR) is 148 cm³/mol. The molecule has 3 aromatic carbocycles. The van der Waals surface area contributed by atoms with Gasteiger partial charge < -0.3 is 33.5 Å². The molecule has 0 saturated carbocycles. The molecule has 0 fully saturated rings. The Morgan fingerprint density at radius 2 is 1.55 bits per heavy atom. The van der Waals surface area contributed by atoms with E-state index in [0.29, 0.717) is 22.7 Å². The Kier molecular flexibility index (Phi) is 10.7. The first-order valence-electron chi connectivity index (χ1n) is 11.5. The molecule has 0 aliphatic carbocycles. The maximum absolute atomic E-state index is 12.8. The number of amides is 2. The zero-order valence-electron chi connectivity index (χ0n) is 21.4. The van der Waals surface area contributed by atoms with Crippen LogP contribution in [0.2, 0.25) is 10.0 Å². The number of hydrogen-bond donors (Lipinski definition) is 4. The summed E-state index contributed by atoms with van der Waals surface area (Å²) in [5, 5.41) is 6.01. The van der Waals surface area contributed by atoms with E-state index >= 15 is 0 Å². The number of ether oxygens (including phenoxy) is 1. The van der Waals surface area contributed by atoms with Crippen molar-refractivity contribution < 1.29 is 36.1 Å². The minimum atomic E-state index is -3.80. The molecule has 2 amide bonds. The molecule has 0 bridgehead atoms. The summed E-state index contributed by atoms with van der Waals surface area (Å²) in [7, 11) is -2.32. The summed E-state index contributed by atoms with van der Waals surface area (Å²) < 4.78 is 33.3. The molecular weight excluding hydrogens is 571 g/mol. The molecule has 38 heavy (non-hydrogen) atoms. The molecule has 0 saturated heterocycles. The molecule has 8 nitrogen and oxygen atoms in total. The zero-order chi connectivity index (χ0) is 27.4. The Labute approximate surface area is 239 Å². The van der Waals surface area contributed by atoms with Crippen LogP contribution >= 0.6 is 23.2 Å². The molecule has 3 aromatic rings. The summed E-state index contributed by atoms with van der Waals surface area (Å²) in [5.41, 5.74) is 6.56. The van der Waals surface area contributed by atoms with Crippen LogP contribution in [0.15, 0.2) is 65.6 Å². The van der Waals surface area contributed by atoms with Crippen LogP contribution < -0.4 is 38.2 Å². The van der Waals surface area contributed by atoms with Gasteiger partial charge in [-0.3, -0.25) is 4.72 Å². The SMILES string of the molecule is COc1ccc([C@H](C)NC(=O)Nc2ccc(S(=O)(=O)Nc3ccc(CC(C)(C)[NH3+])cc3)cc2)c(Cl)c1Cl.[Cl-]. The van der Waals surface area contributed by atoms with Gasteiger partial charge >= 0.3 is 6.03 Å². The quantitative estimate of drug-likeness (QED) is 0.300. The molecule has 6 N–H and O–H groups in total. The van der Waals surface area contributed by atoms with Crippen molar-refractivity contribution in [3.63, 3.8) is 0 Å². The van der Waals surface area contributed by atoms with Crippen LogP contribution in [0.1, 0.15) is 37.9 Å². The first-order valence-corrected chi connectivity index (χ1v) is 13.7. The summed E-state index contributed by atoms with van der Waals surface area (Å²) in [4.78, 5) is 12.6. The van der Waals surface area contributed by atoms with Gasteiger partial charge in [-0.25, -0.2) is 13.2 Å². The first kappa shape index (κ1) is 31.5. The van der Waals surface area contributed by atoms with Gasteiger partial charge in [-0.05, 0) is 74.4 Å². The molecule has 12 heteroatoms. The molecule has 1 atom stereocenters. The second-order valence-corrected chi connectivity index (χ2v) is 11.9. The van der Waals surface area contributed by atoms with E-state index in [0.717, 1.165) is 12.0 Å². The topological polar surface area (TPSA) is 124 Å². The number of hydrogen-bond acceptors (Lipinski definition) is 4. The van der Waals surface area contributed by atoms with Crippen molar-refractivity contribution in [2.75, 3.05) is 17.1 Å². The molecule has 0 aliphatic rings. The number of urea groups is 1. The number of anilines is 2. The van der Waals surface area contributed by atoms with E-state index in [1.54, 1.807) is 31.2 Å². The lowest BCUT2D eigenvalue weighted by Gasteiger charge is -2.18. The third-order valence-corrected chi connectivity index (χ3v) is 7.70. The zero-order valence-corrected chi connectivity index (χ0v) is 24.5. The van der Waals surface area contributed by atoms with Gasteiger partial charge in [0.15, 0.2) is 0 Å². The monoisotopic (exact) mass is 600 g/mol. The van der Waals surface area contributed by atoms with E-state index in [-0.39, 0.29) is 32.9 Å². The van der Waals surface area contributed by atoms with Crippen molar-refractivity contribution in [1.82, 2.24) is 5.32 Å². The van der Waals surface area contributed by atoms with Crippen molar-refractivity contribution in [2.45, 2.75) is 43.7 Å². The third kappa shape index (κ3) is 8.41. The van der Waals surface area contributed by atoms with Gasteiger partial charge in [-0.1, -0.05) is 41.4 Å². The van der Waals surface area contributed by atoms with Gasteiger partial charge in [-0.15, -0.1) is 0 Å². The highest BCUT2D eigenvalue weighted by molar-refractivity contribution is 7.92. The van der Waals surface area contributed by atoms with Crippen LogP contribution in [-0.2, 0) is 16.4 Å². The highest BCUT2D eigenvalue weighted by atomic mass is 35.5. The molecular formula is C26H31Cl3N4O4S. The van der Waals surface area contributed by atoms with E-state index in [2.05, 4.69) is 21.1 Å². The molecule has 0 radical (unpaired) electrons. The molecule has 0 spiro atoms. The van der Waals surface area contributed by atoms with Gasteiger partial charge in [0.1, 0.15) is 10.8 Å². The Hall–Kier alpha value is -2.69. The largest absolute Gasteiger partial charge is 1.00 e. The van der Waals surface area contributed by atoms with Crippen molar-refractivity contribution in [2.24, 2.45) is 0 Å². The number of nitrogens with one attached hydrogen (secondary N) is 3. The Balaban J connectivity index is 0.00000507. The average molecular weight is 602 g/mol. The van der Waals surface area contributed by atoms with Crippen LogP contribution in [0, 0.1) is 0 Å². The molecule has 206 valence electrons. The van der Waals surface area contributed by atoms with Crippen LogP contribution in [0.5, 0.6) is 5.75 Å². The van der Waals surface area contributed by atoms with E-state index in [9.17, 15) is 13.2 Å². The lowest BCUT2D eigenvalue weighted by Crippen LogP contribution is -3.00.